The second kappa shape index (κ2) is 5.88. The number of carbonyl (C=O) groups excluding carboxylic acids is 1. The molecular formula is C18H14FN3O2. The smallest absolute Gasteiger partial charge is 0.261 e. The molecule has 0 atom stereocenters. The molecule has 1 aromatic heterocycles. The number of nitrogens with one attached hydrogen (secondary N) is 1. The molecular weight excluding hydrogens is 309 g/mol. The highest BCUT2D eigenvalue weighted by atomic mass is 19.1. The van der Waals surface area contributed by atoms with Crippen LogP contribution in [0.4, 0.5) is 4.39 Å². The van der Waals surface area contributed by atoms with Gasteiger partial charge in [0.2, 0.25) is 5.82 Å². The Kier molecular flexibility index (Phi) is 3.57. The molecule has 0 aliphatic heterocycles. The van der Waals surface area contributed by atoms with Crippen LogP contribution in [0.15, 0.2) is 53.1 Å². The van der Waals surface area contributed by atoms with Gasteiger partial charge in [-0.15, -0.1) is 0 Å². The van der Waals surface area contributed by atoms with E-state index < -0.39 is 5.82 Å². The minimum atomic E-state index is -0.417. The van der Waals surface area contributed by atoms with Crippen molar-refractivity contribution in [1.82, 2.24) is 15.5 Å². The van der Waals surface area contributed by atoms with Gasteiger partial charge in [0.05, 0.1) is 5.56 Å². The van der Waals surface area contributed by atoms with E-state index >= 15 is 0 Å². The highest BCUT2D eigenvalue weighted by molar-refractivity contribution is 5.94. The van der Waals surface area contributed by atoms with Crippen LogP contribution in [0, 0.1) is 5.82 Å². The van der Waals surface area contributed by atoms with Crippen LogP contribution < -0.4 is 5.32 Å². The van der Waals surface area contributed by atoms with Gasteiger partial charge in [-0.05, 0) is 37.1 Å². The topological polar surface area (TPSA) is 68.0 Å². The van der Waals surface area contributed by atoms with Crippen molar-refractivity contribution in [3.8, 4) is 22.8 Å². The maximum Gasteiger partial charge on any atom is 0.261 e. The number of hydrogen-bond acceptors (Lipinski definition) is 4. The van der Waals surface area contributed by atoms with Crippen LogP contribution in [0.1, 0.15) is 23.2 Å². The molecule has 1 amide bonds. The number of benzene rings is 2. The Balaban J connectivity index is 1.56. The first-order valence-corrected chi connectivity index (χ1v) is 7.70. The first-order chi connectivity index (χ1) is 11.7. The van der Waals surface area contributed by atoms with Gasteiger partial charge in [0.15, 0.2) is 0 Å². The fourth-order valence-corrected chi connectivity index (χ4v) is 2.35. The summed E-state index contributed by atoms with van der Waals surface area (Å²) < 4.78 is 18.9. The van der Waals surface area contributed by atoms with Crippen molar-refractivity contribution in [3.05, 3.63) is 59.9 Å². The first kappa shape index (κ1) is 14.6. The Morgan fingerprint density at radius 2 is 1.88 bits per heavy atom. The van der Waals surface area contributed by atoms with Crippen LogP contribution in [-0.4, -0.2) is 22.1 Å². The van der Waals surface area contributed by atoms with Crippen molar-refractivity contribution < 1.29 is 13.7 Å². The molecule has 1 N–H and O–H groups in total. The van der Waals surface area contributed by atoms with Crippen molar-refractivity contribution >= 4 is 5.91 Å². The van der Waals surface area contributed by atoms with Gasteiger partial charge in [0.25, 0.3) is 11.8 Å². The lowest BCUT2D eigenvalue weighted by Gasteiger charge is -2.03. The van der Waals surface area contributed by atoms with Crippen molar-refractivity contribution in [2.75, 3.05) is 0 Å². The second-order valence-electron chi connectivity index (χ2n) is 5.73. The normalized spacial score (nSPS) is 13.7. The second-order valence-corrected chi connectivity index (χ2v) is 5.73. The van der Waals surface area contributed by atoms with Crippen molar-refractivity contribution in [1.29, 1.82) is 0 Å². The van der Waals surface area contributed by atoms with Crippen LogP contribution >= 0.6 is 0 Å². The Labute approximate surface area is 137 Å². The molecule has 1 fully saturated rings. The molecule has 1 aliphatic carbocycles. The average molecular weight is 323 g/mol. The van der Waals surface area contributed by atoms with Gasteiger partial charge in [0.1, 0.15) is 5.82 Å². The minimum Gasteiger partial charge on any atom is -0.349 e. The van der Waals surface area contributed by atoms with Crippen molar-refractivity contribution in [2.24, 2.45) is 0 Å². The van der Waals surface area contributed by atoms with Crippen LogP contribution in [0.5, 0.6) is 0 Å². The predicted octanol–water partition coefficient (Wildman–Crippen LogP) is 3.43. The largest absolute Gasteiger partial charge is 0.349 e. The molecule has 0 saturated heterocycles. The Morgan fingerprint density at radius 3 is 2.58 bits per heavy atom. The average Bonchev–Trinajstić information content (AvgIpc) is 3.28. The summed E-state index contributed by atoms with van der Waals surface area (Å²) in [5, 5.41) is 6.81. The monoisotopic (exact) mass is 323 g/mol. The van der Waals surface area contributed by atoms with E-state index in [-0.39, 0.29) is 17.4 Å². The zero-order valence-corrected chi connectivity index (χ0v) is 12.7. The van der Waals surface area contributed by atoms with Gasteiger partial charge in [-0.3, -0.25) is 4.79 Å². The molecule has 0 radical (unpaired) electrons. The molecule has 5 nitrogen and oxygen atoms in total. The van der Waals surface area contributed by atoms with E-state index in [9.17, 15) is 9.18 Å². The summed E-state index contributed by atoms with van der Waals surface area (Å²) in [5.41, 5.74) is 1.55. The molecule has 1 heterocycles. The third-order valence-corrected chi connectivity index (χ3v) is 3.85. The lowest BCUT2D eigenvalue weighted by Crippen LogP contribution is -2.25. The molecule has 0 unspecified atom stereocenters. The molecule has 4 rings (SSSR count). The van der Waals surface area contributed by atoms with E-state index in [1.54, 1.807) is 42.5 Å². The van der Waals surface area contributed by atoms with Crippen LogP contribution in [-0.2, 0) is 0 Å². The Morgan fingerprint density at radius 1 is 1.12 bits per heavy atom. The third-order valence-electron chi connectivity index (χ3n) is 3.85. The van der Waals surface area contributed by atoms with Gasteiger partial charge in [-0.2, -0.15) is 4.98 Å². The summed E-state index contributed by atoms with van der Waals surface area (Å²) in [6, 6.07) is 13.5. The molecule has 3 aromatic rings. The number of nitrogens with zero attached hydrogens (tertiary/aromatic N) is 2. The third kappa shape index (κ3) is 2.90. The van der Waals surface area contributed by atoms with Crippen LogP contribution in [0.2, 0.25) is 0 Å². The Bertz CT molecular complexity index is 885. The fourth-order valence-electron chi connectivity index (χ4n) is 2.35. The Hall–Kier alpha value is -3.02. The summed E-state index contributed by atoms with van der Waals surface area (Å²) in [5.74, 6) is -0.0231. The van der Waals surface area contributed by atoms with Gasteiger partial charge in [-0.25, -0.2) is 4.39 Å². The first-order valence-electron chi connectivity index (χ1n) is 7.70. The quantitative estimate of drug-likeness (QED) is 0.798. The van der Waals surface area contributed by atoms with Gasteiger partial charge >= 0.3 is 0 Å². The summed E-state index contributed by atoms with van der Waals surface area (Å²) in [6.45, 7) is 0. The molecule has 0 spiro atoms. The maximum absolute atomic E-state index is 13.8. The lowest BCUT2D eigenvalue weighted by atomic mass is 10.1. The molecule has 2 aromatic carbocycles. The number of hydrogen-bond donors (Lipinski definition) is 1. The lowest BCUT2D eigenvalue weighted by molar-refractivity contribution is 0.0951. The highest BCUT2D eigenvalue weighted by Gasteiger charge is 2.23. The van der Waals surface area contributed by atoms with Crippen LogP contribution in [0.25, 0.3) is 22.8 Å². The molecule has 1 saturated carbocycles. The summed E-state index contributed by atoms with van der Waals surface area (Å²) in [4.78, 5) is 16.2. The predicted molar refractivity (Wildman–Crippen MR) is 85.6 cm³/mol. The molecule has 1 aliphatic rings. The fraction of sp³-hybridized carbons (Fsp3) is 0.167. The summed E-state index contributed by atoms with van der Waals surface area (Å²) >= 11 is 0. The van der Waals surface area contributed by atoms with Crippen LogP contribution in [0.3, 0.4) is 0 Å². The van der Waals surface area contributed by atoms with E-state index in [0.29, 0.717) is 23.0 Å². The zero-order valence-electron chi connectivity index (χ0n) is 12.7. The SMILES string of the molecule is O=C(NC1CC1)c1ccc(-c2noc(-c3ccccc3F)n2)cc1. The molecule has 6 heteroatoms. The van der Waals surface area contributed by atoms with E-state index in [1.807, 2.05) is 0 Å². The van der Waals surface area contributed by atoms with Crippen molar-refractivity contribution in [3.63, 3.8) is 0 Å². The standard InChI is InChI=1S/C18H14FN3O2/c19-15-4-2-1-3-14(15)18-21-16(22-24-18)11-5-7-12(8-6-11)17(23)20-13-9-10-13/h1-8,13H,9-10H2,(H,20,23). The van der Waals surface area contributed by atoms with E-state index in [4.69, 9.17) is 4.52 Å². The van der Waals surface area contributed by atoms with E-state index in [2.05, 4.69) is 15.5 Å². The summed E-state index contributed by atoms with van der Waals surface area (Å²) in [7, 11) is 0. The zero-order chi connectivity index (χ0) is 16.5. The number of amides is 1. The number of carbonyl (C=O) groups is 1. The number of halogens is 1. The van der Waals surface area contributed by atoms with Gasteiger partial charge in [-0.1, -0.05) is 29.4 Å². The van der Waals surface area contributed by atoms with E-state index in [0.717, 1.165) is 12.8 Å². The minimum absolute atomic E-state index is 0.0794. The molecule has 120 valence electrons. The molecule has 0 bridgehead atoms. The maximum atomic E-state index is 13.8. The van der Waals surface area contributed by atoms with Gasteiger partial charge < -0.3 is 9.84 Å². The highest BCUT2D eigenvalue weighted by Crippen LogP contribution is 2.24. The van der Waals surface area contributed by atoms with Crippen molar-refractivity contribution in [2.45, 2.75) is 18.9 Å². The van der Waals surface area contributed by atoms with E-state index in [1.165, 1.54) is 6.07 Å². The number of rotatable bonds is 4. The molecule has 24 heavy (non-hydrogen) atoms. The number of aromatic nitrogens is 2. The van der Waals surface area contributed by atoms with Gasteiger partial charge in [0, 0.05) is 17.2 Å². The summed E-state index contributed by atoms with van der Waals surface area (Å²) in [6.07, 6.45) is 2.09.